The van der Waals surface area contributed by atoms with Crippen LogP contribution in [0.4, 0.5) is 4.39 Å². The van der Waals surface area contributed by atoms with E-state index in [4.69, 9.17) is 9.15 Å². The number of carbonyl (C=O) groups excluding carboxylic acids is 1. The van der Waals surface area contributed by atoms with E-state index in [0.717, 1.165) is 11.1 Å². The summed E-state index contributed by atoms with van der Waals surface area (Å²) in [5, 5.41) is 2.77. The maximum absolute atomic E-state index is 14.0. The molecule has 0 aliphatic carbocycles. The number of ether oxygens (including phenoxy) is 1. The van der Waals surface area contributed by atoms with Gasteiger partial charge in [-0.2, -0.15) is 0 Å². The van der Waals surface area contributed by atoms with Crippen molar-refractivity contribution < 1.29 is 18.3 Å². The number of furan rings is 1. The SMILES string of the molecule is O=C(NC[C@H]1Cc2cc(F)cc(-c3cccnc3)c2O1)c1ccco1. The summed E-state index contributed by atoms with van der Waals surface area (Å²) in [5.74, 6) is 0.272. The quantitative estimate of drug-likeness (QED) is 0.793. The summed E-state index contributed by atoms with van der Waals surface area (Å²) in [6, 6.07) is 9.82. The van der Waals surface area contributed by atoms with Crippen molar-refractivity contribution in [3.63, 3.8) is 0 Å². The first-order valence-corrected chi connectivity index (χ1v) is 7.92. The lowest BCUT2D eigenvalue weighted by molar-refractivity contribution is 0.0906. The zero-order valence-corrected chi connectivity index (χ0v) is 13.2. The van der Waals surface area contributed by atoms with Gasteiger partial charge in [0.25, 0.3) is 5.91 Å². The molecule has 1 aromatic carbocycles. The second-order valence-corrected chi connectivity index (χ2v) is 5.81. The van der Waals surface area contributed by atoms with E-state index in [9.17, 15) is 9.18 Å². The van der Waals surface area contributed by atoms with Crippen molar-refractivity contribution in [3.8, 4) is 16.9 Å². The van der Waals surface area contributed by atoms with E-state index in [1.165, 1.54) is 18.4 Å². The van der Waals surface area contributed by atoms with Gasteiger partial charge in [0, 0.05) is 35.5 Å². The first-order valence-electron chi connectivity index (χ1n) is 7.92. The van der Waals surface area contributed by atoms with Gasteiger partial charge in [-0.1, -0.05) is 6.07 Å². The van der Waals surface area contributed by atoms with E-state index in [-0.39, 0.29) is 23.6 Å². The van der Waals surface area contributed by atoms with E-state index in [0.29, 0.717) is 24.3 Å². The molecule has 1 N–H and O–H groups in total. The Hall–Kier alpha value is -3.15. The molecule has 1 aliphatic heterocycles. The summed E-state index contributed by atoms with van der Waals surface area (Å²) in [4.78, 5) is 16.0. The Morgan fingerprint density at radius 2 is 2.24 bits per heavy atom. The van der Waals surface area contributed by atoms with Crippen molar-refractivity contribution >= 4 is 5.91 Å². The molecule has 0 fully saturated rings. The van der Waals surface area contributed by atoms with Crippen molar-refractivity contribution in [3.05, 3.63) is 72.2 Å². The second kappa shape index (κ2) is 6.39. The highest BCUT2D eigenvalue weighted by Crippen LogP contribution is 2.39. The molecule has 126 valence electrons. The molecule has 6 heteroatoms. The molecule has 1 atom stereocenters. The van der Waals surface area contributed by atoms with E-state index >= 15 is 0 Å². The number of pyridine rings is 1. The van der Waals surface area contributed by atoms with Crippen LogP contribution >= 0.6 is 0 Å². The molecule has 3 heterocycles. The third-order valence-corrected chi connectivity index (χ3v) is 4.07. The molecular weight excluding hydrogens is 323 g/mol. The van der Waals surface area contributed by atoms with Crippen molar-refractivity contribution in [1.29, 1.82) is 0 Å². The first kappa shape index (κ1) is 15.4. The largest absolute Gasteiger partial charge is 0.487 e. The number of nitrogens with zero attached hydrogens (tertiary/aromatic N) is 1. The number of nitrogens with one attached hydrogen (secondary N) is 1. The number of benzene rings is 1. The molecular formula is C19H15FN2O3. The van der Waals surface area contributed by atoms with Gasteiger partial charge in [0.2, 0.25) is 0 Å². The zero-order chi connectivity index (χ0) is 17.2. The first-order chi connectivity index (χ1) is 12.2. The van der Waals surface area contributed by atoms with Crippen LogP contribution in [0.3, 0.4) is 0 Å². The van der Waals surface area contributed by atoms with E-state index < -0.39 is 0 Å². The van der Waals surface area contributed by atoms with Gasteiger partial charge in [-0.3, -0.25) is 9.78 Å². The lowest BCUT2D eigenvalue weighted by atomic mass is 10.0. The monoisotopic (exact) mass is 338 g/mol. The van der Waals surface area contributed by atoms with Crippen molar-refractivity contribution in [2.45, 2.75) is 12.5 Å². The van der Waals surface area contributed by atoms with Crippen LogP contribution in [0.5, 0.6) is 5.75 Å². The number of halogens is 1. The number of carbonyl (C=O) groups is 1. The van der Waals surface area contributed by atoms with Crippen molar-refractivity contribution in [2.24, 2.45) is 0 Å². The number of fused-ring (bicyclic) bond motifs is 1. The lowest BCUT2D eigenvalue weighted by Crippen LogP contribution is -2.34. The second-order valence-electron chi connectivity index (χ2n) is 5.81. The standard InChI is InChI=1S/C19H15FN2O3/c20-14-7-13-8-15(11-22-19(23)17-4-2-6-24-17)25-18(13)16(9-14)12-3-1-5-21-10-12/h1-7,9-10,15H,8,11H2,(H,22,23)/t15-/m1/s1. The molecule has 2 aromatic heterocycles. The molecule has 1 amide bonds. The van der Waals surface area contributed by atoms with Crippen LogP contribution in [0.2, 0.25) is 0 Å². The number of aromatic nitrogens is 1. The van der Waals surface area contributed by atoms with Gasteiger partial charge in [0.15, 0.2) is 5.76 Å². The summed E-state index contributed by atoms with van der Waals surface area (Å²) in [6.07, 6.45) is 5.05. The minimum absolute atomic E-state index is 0.248. The van der Waals surface area contributed by atoms with Gasteiger partial charge in [-0.15, -0.1) is 0 Å². The fraction of sp³-hybridized carbons (Fsp3) is 0.158. The lowest BCUT2D eigenvalue weighted by Gasteiger charge is -2.13. The Kier molecular flexibility index (Phi) is 3.93. The maximum Gasteiger partial charge on any atom is 0.287 e. The van der Waals surface area contributed by atoms with Crippen LogP contribution in [0.25, 0.3) is 11.1 Å². The average molecular weight is 338 g/mol. The van der Waals surface area contributed by atoms with Crippen LogP contribution in [0, 0.1) is 5.82 Å². The average Bonchev–Trinajstić information content (AvgIpc) is 3.29. The molecule has 0 radical (unpaired) electrons. The summed E-state index contributed by atoms with van der Waals surface area (Å²) in [5.41, 5.74) is 2.25. The summed E-state index contributed by atoms with van der Waals surface area (Å²) >= 11 is 0. The van der Waals surface area contributed by atoms with Gasteiger partial charge >= 0.3 is 0 Å². The van der Waals surface area contributed by atoms with Crippen LogP contribution in [0.1, 0.15) is 16.1 Å². The highest BCUT2D eigenvalue weighted by Gasteiger charge is 2.27. The maximum atomic E-state index is 14.0. The Morgan fingerprint density at radius 1 is 1.32 bits per heavy atom. The molecule has 0 saturated heterocycles. The van der Waals surface area contributed by atoms with Gasteiger partial charge in [-0.05, 0) is 30.3 Å². The molecule has 1 aliphatic rings. The minimum Gasteiger partial charge on any atom is -0.487 e. The van der Waals surface area contributed by atoms with Crippen LogP contribution in [-0.4, -0.2) is 23.5 Å². The van der Waals surface area contributed by atoms with Crippen LogP contribution in [-0.2, 0) is 6.42 Å². The third-order valence-electron chi connectivity index (χ3n) is 4.07. The topological polar surface area (TPSA) is 64.4 Å². The third kappa shape index (κ3) is 3.10. The summed E-state index contributed by atoms with van der Waals surface area (Å²) in [7, 11) is 0. The predicted octanol–water partition coefficient (Wildman–Crippen LogP) is 3.21. The summed E-state index contributed by atoms with van der Waals surface area (Å²) in [6.45, 7) is 0.308. The predicted molar refractivity (Wildman–Crippen MR) is 88.8 cm³/mol. The van der Waals surface area contributed by atoms with Crippen molar-refractivity contribution in [2.75, 3.05) is 6.54 Å². The van der Waals surface area contributed by atoms with Gasteiger partial charge in [0.1, 0.15) is 17.7 Å². The Labute approximate surface area is 143 Å². The number of amides is 1. The molecule has 0 bridgehead atoms. The highest BCUT2D eigenvalue weighted by atomic mass is 19.1. The Balaban J connectivity index is 1.51. The molecule has 0 spiro atoms. The fourth-order valence-corrected chi connectivity index (χ4v) is 2.95. The fourth-order valence-electron chi connectivity index (χ4n) is 2.95. The minimum atomic E-state index is -0.318. The molecule has 25 heavy (non-hydrogen) atoms. The Bertz CT molecular complexity index is 895. The van der Waals surface area contributed by atoms with Crippen molar-refractivity contribution in [1.82, 2.24) is 10.3 Å². The zero-order valence-electron chi connectivity index (χ0n) is 13.2. The normalized spacial score (nSPS) is 15.5. The van der Waals surface area contributed by atoms with Crippen LogP contribution < -0.4 is 10.1 Å². The van der Waals surface area contributed by atoms with E-state index in [1.807, 2.05) is 6.07 Å². The number of hydrogen-bond acceptors (Lipinski definition) is 4. The molecule has 3 aromatic rings. The van der Waals surface area contributed by atoms with E-state index in [1.54, 1.807) is 30.6 Å². The highest BCUT2D eigenvalue weighted by molar-refractivity contribution is 5.91. The smallest absolute Gasteiger partial charge is 0.287 e. The van der Waals surface area contributed by atoms with Crippen LogP contribution in [0.15, 0.2) is 59.5 Å². The van der Waals surface area contributed by atoms with Gasteiger partial charge in [0.05, 0.1) is 12.8 Å². The Morgan fingerprint density at radius 3 is 3.00 bits per heavy atom. The molecule has 4 rings (SSSR count). The van der Waals surface area contributed by atoms with Gasteiger partial charge < -0.3 is 14.5 Å². The molecule has 0 saturated carbocycles. The molecule has 5 nitrogen and oxygen atoms in total. The molecule has 0 unspecified atom stereocenters. The number of hydrogen-bond donors (Lipinski definition) is 1. The number of rotatable bonds is 4. The summed E-state index contributed by atoms with van der Waals surface area (Å²) < 4.78 is 25.0. The van der Waals surface area contributed by atoms with E-state index in [2.05, 4.69) is 10.3 Å². The van der Waals surface area contributed by atoms with Gasteiger partial charge in [-0.25, -0.2) is 4.39 Å².